The topological polar surface area (TPSA) is 89.7 Å². The van der Waals surface area contributed by atoms with Gasteiger partial charge in [0.2, 0.25) is 10.0 Å². The number of fused-ring (bicyclic) bond motifs is 1. The van der Waals surface area contributed by atoms with Crippen LogP contribution in [0.2, 0.25) is 0 Å². The van der Waals surface area contributed by atoms with Crippen LogP contribution >= 0.6 is 0 Å². The van der Waals surface area contributed by atoms with Gasteiger partial charge in [0.1, 0.15) is 6.61 Å². The largest absolute Gasteiger partial charge is 0.444 e. The lowest BCUT2D eigenvalue weighted by Gasteiger charge is -2.60. The molecular formula is C28H30N2O4S. The van der Waals surface area contributed by atoms with Crippen LogP contribution in [0.25, 0.3) is 10.8 Å². The molecular weight excluding hydrogens is 460 g/mol. The molecule has 0 heterocycles. The Morgan fingerprint density at radius 1 is 0.914 bits per heavy atom. The zero-order chi connectivity index (χ0) is 24.2. The van der Waals surface area contributed by atoms with Crippen molar-refractivity contribution in [1.82, 2.24) is 0 Å². The molecule has 0 spiro atoms. The van der Waals surface area contributed by atoms with E-state index in [2.05, 4.69) is 0 Å². The predicted octanol–water partition coefficient (Wildman–Crippen LogP) is 5.60. The van der Waals surface area contributed by atoms with Crippen molar-refractivity contribution in [2.24, 2.45) is 22.9 Å². The molecule has 4 aliphatic carbocycles. The maximum Gasteiger partial charge on any atom is 0.415 e. The number of amides is 1. The smallest absolute Gasteiger partial charge is 0.415 e. The molecule has 7 heteroatoms. The summed E-state index contributed by atoms with van der Waals surface area (Å²) >= 11 is 0. The van der Waals surface area contributed by atoms with Gasteiger partial charge in [0.25, 0.3) is 0 Å². The molecule has 6 nitrogen and oxygen atoms in total. The van der Waals surface area contributed by atoms with Gasteiger partial charge in [-0.2, -0.15) is 0 Å². The van der Waals surface area contributed by atoms with Crippen LogP contribution in [0.1, 0.15) is 44.1 Å². The predicted molar refractivity (Wildman–Crippen MR) is 135 cm³/mol. The summed E-state index contributed by atoms with van der Waals surface area (Å²) in [6, 6.07) is 20.3. The Morgan fingerprint density at radius 3 is 2.20 bits per heavy atom. The Hall–Kier alpha value is -2.90. The molecule has 0 aromatic heterocycles. The molecule has 182 valence electrons. The number of ether oxygens (including phenoxy) is 1. The molecule has 7 rings (SSSR count). The van der Waals surface area contributed by atoms with Crippen LogP contribution in [0.5, 0.6) is 0 Å². The minimum Gasteiger partial charge on any atom is -0.444 e. The molecule has 4 fully saturated rings. The minimum absolute atomic E-state index is 0.0650. The van der Waals surface area contributed by atoms with Gasteiger partial charge in [-0.3, -0.25) is 4.90 Å². The van der Waals surface area contributed by atoms with Crippen LogP contribution < -0.4 is 10.0 Å². The number of carbonyl (C=O) groups is 1. The van der Waals surface area contributed by atoms with Gasteiger partial charge in [-0.25, -0.2) is 18.4 Å². The van der Waals surface area contributed by atoms with Gasteiger partial charge >= 0.3 is 6.09 Å². The number of benzene rings is 3. The normalized spacial score (nSPS) is 27.2. The molecule has 3 aromatic carbocycles. The second-order valence-electron chi connectivity index (χ2n) is 10.7. The van der Waals surface area contributed by atoms with Gasteiger partial charge in [0.05, 0.1) is 16.1 Å². The van der Waals surface area contributed by atoms with E-state index in [4.69, 9.17) is 9.88 Å². The van der Waals surface area contributed by atoms with E-state index in [1.165, 1.54) is 25.3 Å². The summed E-state index contributed by atoms with van der Waals surface area (Å²) in [5.41, 5.74) is 1.46. The van der Waals surface area contributed by atoms with Crippen molar-refractivity contribution in [2.45, 2.75) is 55.6 Å². The number of anilines is 1. The summed E-state index contributed by atoms with van der Waals surface area (Å²) in [7, 11) is -3.83. The summed E-state index contributed by atoms with van der Waals surface area (Å²) < 4.78 is 29.8. The number of hydrogen-bond acceptors (Lipinski definition) is 4. The molecule has 2 N–H and O–H groups in total. The van der Waals surface area contributed by atoms with Crippen LogP contribution in [0.4, 0.5) is 10.5 Å². The summed E-state index contributed by atoms with van der Waals surface area (Å²) in [6.07, 6.45) is 6.43. The van der Waals surface area contributed by atoms with E-state index in [0.29, 0.717) is 17.8 Å². The van der Waals surface area contributed by atoms with Crippen molar-refractivity contribution in [3.63, 3.8) is 0 Å². The lowest BCUT2D eigenvalue weighted by Crippen LogP contribution is -2.62. The molecule has 0 aliphatic heterocycles. The summed E-state index contributed by atoms with van der Waals surface area (Å²) in [6.45, 7) is 0.211. The second-order valence-corrected chi connectivity index (χ2v) is 12.3. The summed E-state index contributed by atoms with van der Waals surface area (Å²) in [4.78, 5) is 15.9. The van der Waals surface area contributed by atoms with E-state index in [1.54, 1.807) is 12.1 Å². The Balaban J connectivity index is 1.44. The number of sulfonamides is 1. The average molecular weight is 491 g/mol. The lowest BCUT2D eigenvalue weighted by molar-refractivity contribution is -0.00489. The van der Waals surface area contributed by atoms with Crippen molar-refractivity contribution in [3.05, 3.63) is 72.3 Å². The maximum atomic E-state index is 13.9. The molecule has 1 amide bonds. The monoisotopic (exact) mass is 490 g/mol. The number of nitrogens with two attached hydrogens (primary N) is 1. The SMILES string of the molecule is NS(=O)(=O)c1ccc2c(N(C(=O)OCc3ccccc3)C34CC5CC(CC(C5)C3)C4)cccc2c1. The molecule has 0 atom stereocenters. The number of nitrogens with zero attached hydrogens (tertiary/aromatic N) is 1. The highest BCUT2D eigenvalue weighted by atomic mass is 32.2. The van der Waals surface area contributed by atoms with Gasteiger partial charge < -0.3 is 4.74 Å². The first-order valence-electron chi connectivity index (χ1n) is 12.4. The van der Waals surface area contributed by atoms with Gasteiger partial charge in [0, 0.05) is 5.39 Å². The maximum absolute atomic E-state index is 13.9. The van der Waals surface area contributed by atoms with Crippen molar-refractivity contribution in [2.75, 3.05) is 4.90 Å². The summed E-state index contributed by atoms with van der Waals surface area (Å²) in [5, 5.41) is 6.94. The second kappa shape index (κ2) is 8.35. The van der Waals surface area contributed by atoms with E-state index in [-0.39, 0.29) is 23.1 Å². The van der Waals surface area contributed by atoms with E-state index < -0.39 is 10.0 Å². The van der Waals surface area contributed by atoms with Crippen molar-refractivity contribution in [1.29, 1.82) is 0 Å². The fourth-order valence-electron chi connectivity index (χ4n) is 7.29. The standard InChI is InChI=1S/C28H30N2O4S/c29-35(32,33)24-9-10-25-23(14-24)7-4-8-26(25)30(27(31)34-18-19-5-2-1-3-6-19)28-15-20-11-21(16-28)13-22(12-20)17-28/h1-10,14,20-22H,11-13,15-18H2,(H2,29,32,33). The molecule has 4 bridgehead atoms. The lowest BCUT2D eigenvalue weighted by atomic mass is 9.52. The van der Waals surface area contributed by atoms with Gasteiger partial charge in [0.15, 0.2) is 0 Å². The Bertz CT molecular complexity index is 1350. The zero-order valence-electron chi connectivity index (χ0n) is 19.6. The third-order valence-corrected chi connectivity index (χ3v) is 9.18. The molecule has 0 unspecified atom stereocenters. The number of carbonyl (C=O) groups excluding carboxylic acids is 1. The van der Waals surface area contributed by atoms with E-state index in [0.717, 1.165) is 41.3 Å². The Kier molecular flexibility index (Phi) is 5.38. The Labute approximate surface area is 206 Å². The van der Waals surface area contributed by atoms with Gasteiger partial charge in [-0.05, 0) is 85.4 Å². The first-order chi connectivity index (χ1) is 16.8. The van der Waals surface area contributed by atoms with Gasteiger partial charge in [-0.15, -0.1) is 0 Å². The van der Waals surface area contributed by atoms with Crippen LogP contribution in [0.15, 0.2) is 71.6 Å². The van der Waals surface area contributed by atoms with Crippen LogP contribution in [-0.4, -0.2) is 20.0 Å². The van der Waals surface area contributed by atoms with Crippen LogP contribution in [-0.2, 0) is 21.4 Å². The number of rotatable bonds is 5. The Morgan fingerprint density at radius 2 is 1.57 bits per heavy atom. The zero-order valence-corrected chi connectivity index (χ0v) is 20.4. The molecule has 0 saturated heterocycles. The number of primary sulfonamides is 1. The highest BCUT2D eigenvalue weighted by Gasteiger charge is 2.55. The highest BCUT2D eigenvalue weighted by Crippen LogP contribution is 2.59. The molecule has 35 heavy (non-hydrogen) atoms. The third-order valence-electron chi connectivity index (χ3n) is 8.27. The molecule has 4 saturated carbocycles. The minimum atomic E-state index is -3.83. The van der Waals surface area contributed by atoms with Gasteiger partial charge in [-0.1, -0.05) is 48.5 Å². The van der Waals surface area contributed by atoms with Crippen molar-refractivity contribution < 1.29 is 17.9 Å². The van der Waals surface area contributed by atoms with E-state index >= 15 is 0 Å². The van der Waals surface area contributed by atoms with Crippen LogP contribution in [0.3, 0.4) is 0 Å². The fourth-order valence-corrected chi connectivity index (χ4v) is 7.84. The molecule has 4 aliphatic rings. The first kappa shape index (κ1) is 22.6. The molecule has 0 radical (unpaired) electrons. The van der Waals surface area contributed by atoms with E-state index in [9.17, 15) is 13.2 Å². The summed E-state index contributed by atoms with van der Waals surface area (Å²) in [5.74, 6) is 1.94. The van der Waals surface area contributed by atoms with Crippen molar-refractivity contribution in [3.8, 4) is 0 Å². The van der Waals surface area contributed by atoms with E-state index in [1.807, 2.05) is 53.4 Å². The van der Waals surface area contributed by atoms with Crippen molar-refractivity contribution >= 4 is 32.6 Å². The third kappa shape index (κ3) is 4.10. The van der Waals surface area contributed by atoms with Crippen LogP contribution in [0, 0.1) is 17.8 Å². The fraction of sp³-hybridized carbons (Fsp3) is 0.393. The quantitative estimate of drug-likeness (QED) is 0.504. The number of hydrogen-bond donors (Lipinski definition) is 1. The average Bonchev–Trinajstić information content (AvgIpc) is 2.82. The first-order valence-corrected chi connectivity index (χ1v) is 13.9. The molecule has 3 aromatic rings. The highest BCUT2D eigenvalue weighted by molar-refractivity contribution is 7.89.